The van der Waals surface area contributed by atoms with E-state index in [-0.39, 0.29) is 12.1 Å². The third kappa shape index (κ3) is 2.85. The van der Waals surface area contributed by atoms with Gasteiger partial charge in [0.2, 0.25) is 0 Å². The maximum Gasteiger partial charge on any atom is 0.410 e. The van der Waals surface area contributed by atoms with Crippen molar-refractivity contribution in [2.24, 2.45) is 5.73 Å². The number of hydrogen-bond acceptors (Lipinski definition) is 4. The molecule has 0 bridgehead atoms. The summed E-state index contributed by atoms with van der Waals surface area (Å²) in [6.45, 7) is 2.54. The van der Waals surface area contributed by atoms with E-state index in [1.807, 2.05) is 19.0 Å². The smallest absolute Gasteiger partial charge is 0.410 e. The van der Waals surface area contributed by atoms with Gasteiger partial charge in [0.15, 0.2) is 0 Å². The molecule has 0 spiro atoms. The minimum Gasteiger partial charge on any atom is -0.449 e. The van der Waals surface area contributed by atoms with Crippen molar-refractivity contribution in [1.82, 2.24) is 9.80 Å². The first-order valence-corrected chi connectivity index (χ1v) is 4.93. The lowest BCUT2D eigenvalue weighted by atomic mass is 10.1. The number of ether oxygens (including phenoxy) is 1. The number of amides is 1. The molecule has 14 heavy (non-hydrogen) atoms. The summed E-state index contributed by atoms with van der Waals surface area (Å²) < 4.78 is 4.97. The van der Waals surface area contributed by atoms with Crippen molar-refractivity contribution in [1.29, 1.82) is 0 Å². The van der Waals surface area contributed by atoms with Gasteiger partial charge in [-0.05, 0) is 14.1 Å². The Morgan fingerprint density at radius 3 is 2.93 bits per heavy atom. The van der Waals surface area contributed by atoms with E-state index in [2.05, 4.69) is 0 Å². The molecule has 1 heterocycles. The van der Waals surface area contributed by atoms with Crippen LogP contribution in [0.15, 0.2) is 0 Å². The van der Waals surface area contributed by atoms with Gasteiger partial charge in [0.05, 0.1) is 12.6 Å². The third-order valence-electron chi connectivity index (χ3n) is 2.41. The Labute approximate surface area is 84.8 Å². The molecule has 1 aliphatic rings. The molecule has 0 aromatic rings. The fourth-order valence-corrected chi connectivity index (χ4v) is 1.50. The van der Waals surface area contributed by atoms with Crippen molar-refractivity contribution >= 4 is 6.09 Å². The predicted molar refractivity (Wildman–Crippen MR) is 54.1 cm³/mol. The molecule has 1 fully saturated rings. The lowest BCUT2D eigenvalue weighted by molar-refractivity contribution is 0.0440. The first kappa shape index (κ1) is 11.3. The van der Waals surface area contributed by atoms with Gasteiger partial charge in [0, 0.05) is 26.1 Å². The molecule has 5 nitrogen and oxygen atoms in total. The molecule has 5 heteroatoms. The molecule has 1 atom stereocenters. The average molecular weight is 201 g/mol. The fourth-order valence-electron chi connectivity index (χ4n) is 1.50. The molecule has 0 aromatic carbocycles. The number of nitrogens with two attached hydrogens (primary N) is 1. The van der Waals surface area contributed by atoms with Crippen molar-refractivity contribution in [2.45, 2.75) is 12.5 Å². The largest absolute Gasteiger partial charge is 0.449 e. The molecule has 0 aromatic heterocycles. The van der Waals surface area contributed by atoms with Crippen LogP contribution in [0.3, 0.4) is 0 Å². The van der Waals surface area contributed by atoms with Gasteiger partial charge in [-0.1, -0.05) is 0 Å². The van der Waals surface area contributed by atoms with Gasteiger partial charge in [-0.25, -0.2) is 4.79 Å². The lowest BCUT2D eigenvalue weighted by Gasteiger charge is -2.34. The van der Waals surface area contributed by atoms with Gasteiger partial charge in [-0.15, -0.1) is 0 Å². The molecule has 1 aliphatic heterocycles. The molecule has 2 N–H and O–H groups in total. The predicted octanol–water partition coefficient (Wildman–Crippen LogP) is -0.282. The zero-order valence-corrected chi connectivity index (χ0v) is 8.90. The maximum absolute atomic E-state index is 11.4. The van der Waals surface area contributed by atoms with Crippen molar-refractivity contribution in [3.8, 4) is 0 Å². The summed E-state index contributed by atoms with van der Waals surface area (Å²) in [6.07, 6.45) is 0.615. The van der Waals surface area contributed by atoms with Crippen LogP contribution in [0.5, 0.6) is 0 Å². The molecule has 82 valence electrons. The number of nitrogens with zero attached hydrogens (tertiary/aromatic N) is 2. The van der Waals surface area contributed by atoms with Crippen LogP contribution in [-0.4, -0.2) is 62.3 Å². The van der Waals surface area contributed by atoms with Gasteiger partial charge in [0.25, 0.3) is 0 Å². The lowest BCUT2D eigenvalue weighted by Crippen LogP contribution is -2.51. The van der Waals surface area contributed by atoms with E-state index in [1.165, 1.54) is 0 Å². The summed E-state index contributed by atoms with van der Waals surface area (Å²) in [5.41, 5.74) is 5.60. The topological polar surface area (TPSA) is 58.8 Å². The monoisotopic (exact) mass is 201 g/mol. The Morgan fingerprint density at radius 1 is 1.64 bits per heavy atom. The third-order valence-corrected chi connectivity index (χ3v) is 2.41. The van der Waals surface area contributed by atoms with Crippen molar-refractivity contribution < 1.29 is 9.53 Å². The quantitative estimate of drug-likeness (QED) is 0.679. The first-order valence-electron chi connectivity index (χ1n) is 4.93. The number of likely N-dealkylation sites (N-methyl/N-ethyl adjacent to an activating group) is 1. The van der Waals surface area contributed by atoms with Crippen LogP contribution < -0.4 is 5.73 Å². The summed E-state index contributed by atoms with van der Waals surface area (Å²) in [5, 5.41) is 0. The molecule has 0 saturated carbocycles. The number of carbonyl (C=O) groups is 1. The molecular formula is C9H19N3O2. The van der Waals surface area contributed by atoms with Gasteiger partial charge >= 0.3 is 6.09 Å². The van der Waals surface area contributed by atoms with Crippen molar-refractivity contribution in [2.75, 3.05) is 40.3 Å². The Balaban J connectivity index is 2.46. The Hall–Kier alpha value is -0.810. The molecule has 1 saturated heterocycles. The second-order valence-electron chi connectivity index (χ2n) is 3.79. The summed E-state index contributed by atoms with van der Waals surface area (Å²) >= 11 is 0. The Kier molecular flexibility index (Phi) is 4.16. The van der Waals surface area contributed by atoms with Gasteiger partial charge in [-0.3, -0.25) is 0 Å². The summed E-state index contributed by atoms with van der Waals surface area (Å²) in [5.74, 6) is 0. The molecule has 1 amide bonds. The minimum atomic E-state index is -0.228. The molecule has 0 radical (unpaired) electrons. The van der Waals surface area contributed by atoms with Gasteiger partial charge < -0.3 is 20.3 Å². The zero-order chi connectivity index (χ0) is 10.6. The molecule has 0 aliphatic carbocycles. The van der Waals surface area contributed by atoms with Crippen LogP contribution in [-0.2, 0) is 4.74 Å². The molecular weight excluding hydrogens is 182 g/mol. The van der Waals surface area contributed by atoms with Crippen molar-refractivity contribution in [3.63, 3.8) is 0 Å². The number of rotatable bonds is 4. The van der Waals surface area contributed by atoms with Crippen LogP contribution in [0.25, 0.3) is 0 Å². The van der Waals surface area contributed by atoms with Crippen LogP contribution >= 0.6 is 0 Å². The van der Waals surface area contributed by atoms with Crippen LogP contribution in [0.1, 0.15) is 6.42 Å². The molecule has 1 unspecified atom stereocenters. The van der Waals surface area contributed by atoms with Crippen LogP contribution in [0.4, 0.5) is 4.79 Å². The fraction of sp³-hybridized carbons (Fsp3) is 0.889. The molecule has 1 rings (SSSR count). The van der Waals surface area contributed by atoms with E-state index in [9.17, 15) is 4.79 Å². The van der Waals surface area contributed by atoms with E-state index < -0.39 is 0 Å². The Bertz CT molecular complexity index is 196. The van der Waals surface area contributed by atoms with E-state index in [1.54, 1.807) is 4.90 Å². The normalized spacial score (nSPS) is 22.7. The highest BCUT2D eigenvalue weighted by atomic mass is 16.6. The Morgan fingerprint density at radius 2 is 2.36 bits per heavy atom. The van der Waals surface area contributed by atoms with E-state index >= 15 is 0 Å². The maximum atomic E-state index is 11.4. The van der Waals surface area contributed by atoms with Gasteiger partial charge in [0.1, 0.15) is 0 Å². The van der Waals surface area contributed by atoms with Crippen LogP contribution in [0.2, 0.25) is 0 Å². The average Bonchev–Trinajstić information content (AvgIpc) is 2.15. The summed E-state index contributed by atoms with van der Waals surface area (Å²) in [7, 11) is 3.96. The SMILES string of the molecule is CN(C)CCN1C(=O)OCCC1CN. The van der Waals surface area contributed by atoms with Crippen molar-refractivity contribution in [3.05, 3.63) is 0 Å². The second kappa shape index (κ2) is 5.17. The minimum absolute atomic E-state index is 0.149. The highest BCUT2D eigenvalue weighted by Crippen LogP contribution is 2.11. The number of hydrogen-bond donors (Lipinski definition) is 1. The van der Waals surface area contributed by atoms with Gasteiger partial charge in [-0.2, -0.15) is 0 Å². The number of cyclic esters (lactones) is 1. The number of carbonyl (C=O) groups excluding carboxylic acids is 1. The van der Waals surface area contributed by atoms with E-state index in [0.29, 0.717) is 19.7 Å². The second-order valence-corrected chi connectivity index (χ2v) is 3.79. The van der Waals surface area contributed by atoms with E-state index in [0.717, 1.165) is 13.0 Å². The summed E-state index contributed by atoms with van der Waals surface area (Å²) in [6, 6.07) is 0.149. The van der Waals surface area contributed by atoms with Crippen LogP contribution in [0, 0.1) is 0 Å². The highest BCUT2D eigenvalue weighted by molar-refractivity contribution is 5.68. The highest BCUT2D eigenvalue weighted by Gasteiger charge is 2.27. The first-order chi connectivity index (χ1) is 6.65. The standard InChI is InChI=1S/C9H19N3O2/c1-11(2)4-5-12-8(7-10)3-6-14-9(12)13/h8H,3-7,10H2,1-2H3. The zero-order valence-electron chi connectivity index (χ0n) is 8.90. The summed E-state index contributed by atoms with van der Waals surface area (Å²) in [4.78, 5) is 15.2. The van der Waals surface area contributed by atoms with E-state index in [4.69, 9.17) is 10.5 Å².